The Balaban J connectivity index is 3.11. The van der Waals surface area contributed by atoms with E-state index in [4.69, 9.17) is 4.74 Å². The predicted octanol–water partition coefficient (Wildman–Crippen LogP) is 2.11. The molecule has 2 atom stereocenters. The number of ether oxygens (including phenoxy) is 1. The molecule has 0 amide bonds. The molecule has 0 spiro atoms. The number of carbonyl (C=O) groups is 2. The molecule has 0 unspecified atom stereocenters. The van der Waals surface area contributed by atoms with Crippen LogP contribution in [0.5, 0.6) is 0 Å². The fourth-order valence-electron chi connectivity index (χ4n) is 2.12. The van der Waals surface area contributed by atoms with E-state index < -0.39 is 16.8 Å². The highest BCUT2D eigenvalue weighted by Crippen LogP contribution is 2.51. The van der Waals surface area contributed by atoms with E-state index in [2.05, 4.69) is 6.58 Å². The van der Waals surface area contributed by atoms with Gasteiger partial charge in [-0.25, -0.2) is 0 Å². The van der Waals surface area contributed by atoms with Crippen molar-refractivity contribution in [3.8, 4) is 0 Å². The number of hydrogen-bond acceptors (Lipinski definition) is 3. The van der Waals surface area contributed by atoms with Gasteiger partial charge in [-0.1, -0.05) is 13.0 Å². The van der Waals surface area contributed by atoms with E-state index in [1.54, 1.807) is 19.9 Å². The van der Waals surface area contributed by atoms with Crippen molar-refractivity contribution >= 4 is 11.8 Å². The van der Waals surface area contributed by atoms with Crippen LogP contribution in [-0.2, 0) is 14.3 Å². The Hall–Kier alpha value is -1.12. The highest BCUT2D eigenvalue weighted by molar-refractivity contribution is 6.06. The fourth-order valence-corrected chi connectivity index (χ4v) is 2.12. The average Bonchev–Trinajstić information content (AvgIpc) is 2.45. The molecule has 0 heterocycles. The minimum atomic E-state index is -1.05. The van der Waals surface area contributed by atoms with Crippen molar-refractivity contribution in [2.24, 2.45) is 10.8 Å². The molecule has 0 radical (unpaired) electrons. The molecule has 1 aliphatic rings. The van der Waals surface area contributed by atoms with E-state index in [1.807, 2.05) is 6.92 Å². The quantitative estimate of drug-likeness (QED) is 0.407. The highest BCUT2D eigenvalue weighted by atomic mass is 16.5. The van der Waals surface area contributed by atoms with E-state index in [9.17, 15) is 9.59 Å². The molecular weight excluding hydrogens is 192 g/mol. The Morgan fingerprint density at radius 1 is 1.60 bits per heavy atom. The SMILES string of the molecule is C=C[C@@]1(C)CCC(=O)[C@@]1(C)C(=O)OCC. The summed E-state index contributed by atoms with van der Waals surface area (Å²) < 4.78 is 4.99. The summed E-state index contributed by atoms with van der Waals surface area (Å²) in [6.07, 6.45) is 2.80. The molecule has 0 saturated heterocycles. The van der Waals surface area contributed by atoms with Crippen LogP contribution in [0.25, 0.3) is 0 Å². The van der Waals surface area contributed by atoms with Gasteiger partial charge in [0.25, 0.3) is 0 Å². The standard InChI is InChI=1S/C12H18O3/c1-5-11(3)8-7-9(13)12(11,4)10(14)15-6-2/h5H,1,6-8H2,2-4H3/t11-,12-/m0/s1. The van der Waals surface area contributed by atoms with Gasteiger partial charge in [0, 0.05) is 11.8 Å². The molecule has 3 nitrogen and oxygen atoms in total. The van der Waals surface area contributed by atoms with Crippen LogP contribution < -0.4 is 0 Å². The zero-order valence-corrected chi connectivity index (χ0v) is 9.63. The van der Waals surface area contributed by atoms with Gasteiger partial charge >= 0.3 is 5.97 Å². The third-order valence-corrected chi connectivity index (χ3v) is 3.71. The zero-order chi connectivity index (χ0) is 11.7. The Morgan fingerprint density at radius 2 is 2.20 bits per heavy atom. The maximum absolute atomic E-state index is 11.9. The molecule has 1 aliphatic carbocycles. The van der Waals surface area contributed by atoms with Gasteiger partial charge in [-0.05, 0) is 20.3 Å². The van der Waals surface area contributed by atoms with Gasteiger partial charge in [-0.2, -0.15) is 0 Å². The number of Topliss-reactive ketones (excluding diaryl/α,β-unsaturated/α-hetero) is 1. The summed E-state index contributed by atoms with van der Waals surface area (Å²) >= 11 is 0. The van der Waals surface area contributed by atoms with Crippen molar-refractivity contribution in [3.05, 3.63) is 12.7 Å². The van der Waals surface area contributed by atoms with Crippen molar-refractivity contribution in [3.63, 3.8) is 0 Å². The lowest BCUT2D eigenvalue weighted by Gasteiger charge is -2.34. The van der Waals surface area contributed by atoms with Crippen molar-refractivity contribution in [1.29, 1.82) is 0 Å². The lowest BCUT2D eigenvalue weighted by atomic mass is 9.67. The van der Waals surface area contributed by atoms with E-state index >= 15 is 0 Å². The first-order chi connectivity index (χ1) is 6.92. The minimum absolute atomic E-state index is 0.0386. The predicted molar refractivity (Wildman–Crippen MR) is 57.3 cm³/mol. The highest BCUT2D eigenvalue weighted by Gasteiger charge is 2.58. The third kappa shape index (κ3) is 1.50. The van der Waals surface area contributed by atoms with E-state index in [1.165, 1.54) is 0 Å². The van der Waals surface area contributed by atoms with E-state index in [0.29, 0.717) is 19.4 Å². The first-order valence-electron chi connectivity index (χ1n) is 5.26. The van der Waals surface area contributed by atoms with Crippen LogP contribution in [0, 0.1) is 10.8 Å². The van der Waals surface area contributed by atoms with Crippen LogP contribution in [0.1, 0.15) is 33.6 Å². The second-order valence-electron chi connectivity index (χ2n) is 4.39. The molecule has 0 aromatic rings. The van der Waals surface area contributed by atoms with E-state index in [0.717, 1.165) is 0 Å². The molecule has 0 aliphatic heterocycles. The summed E-state index contributed by atoms with van der Waals surface area (Å²) in [5.41, 5.74) is -1.53. The molecule has 0 bridgehead atoms. The summed E-state index contributed by atoms with van der Waals surface area (Å²) in [4.78, 5) is 23.7. The van der Waals surface area contributed by atoms with Gasteiger partial charge in [0.2, 0.25) is 0 Å². The molecule has 1 saturated carbocycles. The van der Waals surface area contributed by atoms with Gasteiger partial charge in [0.1, 0.15) is 5.41 Å². The van der Waals surface area contributed by atoms with Crippen LogP contribution in [0.15, 0.2) is 12.7 Å². The molecular formula is C12H18O3. The van der Waals surface area contributed by atoms with Crippen LogP contribution >= 0.6 is 0 Å². The molecule has 0 aromatic carbocycles. The third-order valence-electron chi connectivity index (χ3n) is 3.71. The number of esters is 1. The van der Waals surface area contributed by atoms with Crippen LogP contribution in [0.4, 0.5) is 0 Å². The number of hydrogen-bond donors (Lipinski definition) is 0. The maximum atomic E-state index is 11.9. The second kappa shape index (κ2) is 3.80. The Morgan fingerprint density at radius 3 is 2.67 bits per heavy atom. The summed E-state index contributed by atoms with van der Waals surface area (Å²) in [6, 6.07) is 0. The van der Waals surface area contributed by atoms with Crippen LogP contribution in [0.2, 0.25) is 0 Å². The molecule has 3 heteroatoms. The largest absolute Gasteiger partial charge is 0.465 e. The van der Waals surface area contributed by atoms with Gasteiger partial charge in [0.15, 0.2) is 5.78 Å². The Kier molecular flexibility index (Phi) is 3.03. The summed E-state index contributed by atoms with van der Waals surface area (Å²) in [7, 11) is 0. The second-order valence-corrected chi connectivity index (χ2v) is 4.39. The van der Waals surface area contributed by atoms with Crippen molar-refractivity contribution < 1.29 is 14.3 Å². The van der Waals surface area contributed by atoms with Gasteiger partial charge in [0.05, 0.1) is 6.61 Å². The van der Waals surface area contributed by atoms with Crippen molar-refractivity contribution in [2.75, 3.05) is 6.61 Å². The van der Waals surface area contributed by atoms with Gasteiger partial charge < -0.3 is 4.74 Å². The lowest BCUT2D eigenvalue weighted by Crippen LogP contribution is -2.44. The summed E-state index contributed by atoms with van der Waals surface area (Å²) in [5, 5.41) is 0. The number of rotatable bonds is 3. The monoisotopic (exact) mass is 210 g/mol. The molecule has 1 rings (SSSR count). The molecule has 15 heavy (non-hydrogen) atoms. The molecule has 1 fully saturated rings. The number of carbonyl (C=O) groups excluding carboxylic acids is 2. The topological polar surface area (TPSA) is 43.4 Å². The van der Waals surface area contributed by atoms with Crippen LogP contribution in [-0.4, -0.2) is 18.4 Å². The van der Waals surface area contributed by atoms with Crippen molar-refractivity contribution in [2.45, 2.75) is 33.6 Å². The minimum Gasteiger partial charge on any atom is -0.465 e. The first kappa shape index (κ1) is 12.0. The Labute approximate surface area is 90.5 Å². The lowest BCUT2D eigenvalue weighted by molar-refractivity contribution is -0.162. The normalized spacial score (nSPS) is 35.3. The van der Waals surface area contributed by atoms with Gasteiger partial charge in [-0.3, -0.25) is 9.59 Å². The summed E-state index contributed by atoms with van der Waals surface area (Å²) in [5.74, 6) is -0.460. The van der Waals surface area contributed by atoms with E-state index in [-0.39, 0.29) is 5.78 Å². The molecule has 84 valence electrons. The van der Waals surface area contributed by atoms with Crippen molar-refractivity contribution in [1.82, 2.24) is 0 Å². The molecule has 0 aromatic heterocycles. The zero-order valence-electron chi connectivity index (χ0n) is 9.63. The number of ketones is 1. The summed E-state index contributed by atoms with van der Waals surface area (Å²) in [6.45, 7) is 9.33. The van der Waals surface area contributed by atoms with Crippen LogP contribution in [0.3, 0.4) is 0 Å². The first-order valence-corrected chi connectivity index (χ1v) is 5.26. The maximum Gasteiger partial charge on any atom is 0.320 e. The fraction of sp³-hybridized carbons (Fsp3) is 0.667. The smallest absolute Gasteiger partial charge is 0.320 e. The average molecular weight is 210 g/mol. The van der Waals surface area contributed by atoms with Gasteiger partial charge in [-0.15, -0.1) is 6.58 Å². The Bertz CT molecular complexity index is 308. The molecule has 0 N–H and O–H groups in total. The number of allylic oxidation sites excluding steroid dienone is 1.